The van der Waals surface area contributed by atoms with Gasteiger partial charge in [0.15, 0.2) is 0 Å². The Labute approximate surface area is 103 Å². The van der Waals surface area contributed by atoms with Crippen LogP contribution in [-0.2, 0) is 0 Å². The van der Waals surface area contributed by atoms with Gasteiger partial charge < -0.3 is 9.84 Å². The van der Waals surface area contributed by atoms with Gasteiger partial charge >= 0.3 is 5.97 Å². The van der Waals surface area contributed by atoms with E-state index in [4.69, 9.17) is 9.84 Å². The normalized spacial score (nSPS) is 10.1. The van der Waals surface area contributed by atoms with E-state index >= 15 is 0 Å². The van der Waals surface area contributed by atoms with Gasteiger partial charge in [-0.05, 0) is 24.6 Å². The summed E-state index contributed by atoms with van der Waals surface area (Å²) in [5.74, 6) is -1.08. The maximum Gasteiger partial charge on any atom is 0.335 e. The summed E-state index contributed by atoms with van der Waals surface area (Å²) in [6.07, 6.45) is 1.32. The predicted molar refractivity (Wildman–Crippen MR) is 62.4 cm³/mol. The highest BCUT2D eigenvalue weighted by molar-refractivity contribution is 5.87. The molecule has 0 spiro atoms. The number of carbonyl (C=O) groups is 1. The smallest absolute Gasteiger partial charge is 0.335 e. The topological polar surface area (TPSA) is 59.4 Å². The number of rotatable bonds is 3. The summed E-state index contributed by atoms with van der Waals surface area (Å²) in [6, 6.07) is 7.02. The van der Waals surface area contributed by atoms with Crippen molar-refractivity contribution >= 4 is 5.97 Å². The minimum absolute atomic E-state index is 0.0626. The summed E-state index contributed by atoms with van der Waals surface area (Å²) in [5, 5.41) is 8.81. The molecule has 1 aromatic carbocycles. The lowest BCUT2D eigenvalue weighted by Gasteiger charge is -2.06. The van der Waals surface area contributed by atoms with Crippen LogP contribution in [0.1, 0.15) is 15.9 Å². The van der Waals surface area contributed by atoms with Crippen LogP contribution >= 0.6 is 0 Å². The van der Waals surface area contributed by atoms with Gasteiger partial charge in [0.05, 0.1) is 5.56 Å². The van der Waals surface area contributed by atoms with Crippen LogP contribution in [-0.4, -0.2) is 16.1 Å². The quantitative estimate of drug-likeness (QED) is 0.905. The molecule has 2 aromatic rings. The van der Waals surface area contributed by atoms with Gasteiger partial charge in [-0.15, -0.1) is 0 Å². The Kier molecular flexibility index (Phi) is 3.23. The fourth-order valence-electron chi connectivity index (χ4n) is 1.36. The van der Waals surface area contributed by atoms with E-state index in [9.17, 15) is 9.18 Å². The van der Waals surface area contributed by atoms with Crippen LogP contribution < -0.4 is 4.74 Å². The van der Waals surface area contributed by atoms with Crippen LogP contribution in [0.5, 0.6) is 11.6 Å². The van der Waals surface area contributed by atoms with Gasteiger partial charge in [0.25, 0.3) is 0 Å². The summed E-state index contributed by atoms with van der Waals surface area (Å²) in [6.45, 7) is 1.64. The lowest BCUT2D eigenvalue weighted by Crippen LogP contribution is -1.97. The van der Waals surface area contributed by atoms with Crippen LogP contribution in [0.3, 0.4) is 0 Å². The Morgan fingerprint density at radius 2 is 2.11 bits per heavy atom. The van der Waals surface area contributed by atoms with E-state index < -0.39 is 5.97 Å². The molecule has 1 heterocycles. The molecule has 0 radical (unpaired) electrons. The molecular weight excluding hydrogens is 237 g/mol. The lowest BCUT2D eigenvalue weighted by atomic mass is 10.2. The van der Waals surface area contributed by atoms with Crippen molar-refractivity contribution in [3.63, 3.8) is 0 Å². The Balaban J connectivity index is 2.25. The zero-order valence-electron chi connectivity index (χ0n) is 9.55. The Bertz CT molecular complexity index is 599. The molecule has 1 N–H and O–H groups in total. The van der Waals surface area contributed by atoms with Crippen molar-refractivity contribution < 1.29 is 19.0 Å². The number of carboxylic acid groups (broad SMARTS) is 1. The number of hydrogen-bond acceptors (Lipinski definition) is 3. The zero-order valence-corrected chi connectivity index (χ0v) is 9.55. The number of pyridine rings is 1. The van der Waals surface area contributed by atoms with Crippen molar-refractivity contribution in [2.75, 3.05) is 0 Å². The minimum Gasteiger partial charge on any atom is -0.478 e. The highest BCUT2D eigenvalue weighted by Gasteiger charge is 2.07. The van der Waals surface area contributed by atoms with Crippen molar-refractivity contribution in [2.24, 2.45) is 0 Å². The highest BCUT2D eigenvalue weighted by atomic mass is 19.1. The Morgan fingerprint density at radius 3 is 2.78 bits per heavy atom. The summed E-state index contributed by atoms with van der Waals surface area (Å²) < 4.78 is 18.6. The van der Waals surface area contributed by atoms with Gasteiger partial charge in [-0.3, -0.25) is 0 Å². The lowest BCUT2D eigenvalue weighted by molar-refractivity contribution is 0.0696. The van der Waals surface area contributed by atoms with Crippen molar-refractivity contribution in [2.45, 2.75) is 6.92 Å². The van der Waals surface area contributed by atoms with Gasteiger partial charge in [-0.1, -0.05) is 6.07 Å². The molecule has 0 amide bonds. The molecule has 0 atom stereocenters. The van der Waals surface area contributed by atoms with Crippen molar-refractivity contribution in [1.82, 2.24) is 4.98 Å². The van der Waals surface area contributed by atoms with Crippen molar-refractivity contribution in [1.29, 1.82) is 0 Å². The molecule has 0 fully saturated rings. The van der Waals surface area contributed by atoms with Gasteiger partial charge in [-0.25, -0.2) is 14.2 Å². The summed E-state index contributed by atoms with van der Waals surface area (Å²) in [7, 11) is 0. The van der Waals surface area contributed by atoms with Gasteiger partial charge in [0.2, 0.25) is 5.88 Å². The third-order valence-electron chi connectivity index (χ3n) is 2.35. The standard InChI is InChI=1S/C13H10FNO3/c1-8-2-3-10(7-11(8)14)18-12-6-9(13(16)17)4-5-15-12/h2-7H,1H3,(H,16,17). The van der Waals surface area contributed by atoms with E-state index in [0.717, 1.165) is 0 Å². The second-order valence-electron chi connectivity index (χ2n) is 3.70. The Morgan fingerprint density at radius 1 is 1.33 bits per heavy atom. The number of halogens is 1. The van der Waals surface area contributed by atoms with Crippen LogP contribution in [0.25, 0.3) is 0 Å². The molecule has 18 heavy (non-hydrogen) atoms. The van der Waals surface area contributed by atoms with Gasteiger partial charge in [-0.2, -0.15) is 0 Å². The SMILES string of the molecule is Cc1ccc(Oc2cc(C(=O)O)ccn2)cc1F. The van der Waals surface area contributed by atoms with Gasteiger partial charge in [0, 0.05) is 18.3 Å². The number of ether oxygens (including phenoxy) is 1. The first kappa shape index (κ1) is 12.0. The number of aromatic carboxylic acids is 1. The molecule has 5 heteroatoms. The fraction of sp³-hybridized carbons (Fsp3) is 0.0769. The van der Waals surface area contributed by atoms with Crippen LogP contribution in [0.4, 0.5) is 4.39 Å². The Hall–Kier alpha value is -2.43. The minimum atomic E-state index is -1.07. The molecular formula is C13H10FNO3. The average molecular weight is 247 g/mol. The second kappa shape index (κ2) is 4.83. The molecule has 92 valence electrons. The van der Waals surface area contributed by atoms with E-state index in [0.29, 0.717) is 5.56 Å². The fourth-order valence-corrected chi connectivity index (χ4v) is 1.36. The molecule has 0 aliphatic carbocycles. The largest absolute Gasteiger partial charge is 0.478 e. The molecule has 4 nitrogen and oxygen atoms in total. The first-order valence-electron chi connectivity index (χ1n) is 5.19. The first-order valence-corrected chi connectivity index (χ1v) is 5.19. The number of benzene rings is 1. The van der Waals surface area contributed by atoms with Crippen molar-refractivity contribution in [3.8, 4) is 11.6 Å². The molecule has 0 unspecified atom stereocenters. The molecule has 0 saturated heterocycles. The molecule has 0 aliphatic heterocycles. The van der Waals surface area contributed by atoms with E-state index in [1.165, 1.54) is 24.4 Å². The van der Waals surface area contributed by atoms with Crippen LogP contribution in [0.15, 0.2) is 36.5 Å². The zero-order chi connectivity index (χ0) is 13.1. The summed E-state index contributed by atoms with van der Waals surface area (Å²) in [4.78, 5) is 14.6. The number of carboxylic acids is 1. The molecule has 1 aromatic heterocycles. The third kappa shape index (κ3) is 2.63. The van der Waals surface area contributed by atoms with E-state index in [2.05, 4.69) is 4.98 Å². The van der Waals surface area contributed by atoms with Crippen LogP contribution in [0, 0.1) is 12.7 Å². The predicted octanol–water partition coefficient (Wildman–Crippen LogP) is 3.02. The molecule has 0 aliphatic rings. The monoisotopic (exact) mass is 247 g/mol. The molecule has 0 saturated carbocycles. The molecule has 0 bridgehead atoms. The number of aromatic nitrogens is 1. The van der Waals surface area contributed by atoms with E-state index in [1.807, 2.05) is 0 Å². The number of nitrogens with zero attached hydrogens (tertiary/aromatic N) is 1. The van der Waals surface area contributed by atoms with Crippen LogP contribution in [0.2, 0.25) is 0 Å². The summed E-state index contributed by atoms with van der Waals surface area (Å²) >= 11 is 0. The third-order valence-corrected chi connectivity index (χ3v) is 2.35. The van der Waals surface area contributed by atoms with Crippen molar-refractivity contribution in [3.05, 3.63) is 53.5 Å². The first-order chi connectivity index (χ1) is 8.56. The number of hydrogen-bond donors (Lipinski definition) is 1. The summed E-state index contributed by atoms with van der Waals surface area (Å²) in [5.41, 5.74) is 0.571. The maximum atomic E-state index is 13.3. The maximum absolute atomic E-state index is 13.3. The van der Waals surface area contributed by atoms with Gasteiger partial charge in [0.1, 0.15) is 11.6 Å². The number of aryl methyl sites for hydroxylation is 1. The highest BCUT2D eigenvalue weighted by Crippen LogP contribution is 2.22. The molecule has 2 rings (SSSR count). The average Bonchev–Trinajstić information content (AvgIpc) is 2.34. The second-order valence-corrected chi connectivity index (χ2v) is 3.70. The van der Waals surface area contributed by atoms with E-state index in [-0.39, 0.29) is 23.0 Å². The van der Waals surface area contributed by atoms with E-state index in [1.54, 1.807) is 19.1 Å².